The molecule has 0 heterocycles. The SMILES string of the molecule is CC(C)CNC(=O)C(F)(F)C=CCOCC(C)C. The zero-order chi connectivity index (χ0) is 14.2. The summed E-state index contributed by atoms with van der Waals surface area (Å²) in [6.45, 7) is 8.46. The van der Waals surface area contributed by atoms with E-state index in [4.69, 9.17) is 4.74 Å². The molecule has 0 aliphatic carbocycles. The van der Waals surface area contributed by atoms with Gasteiger partial charge in [-0.25, -0.2) is 0 Å². The molecule has 0 unspecified atom stereocenters. The molecule has 5 heteroatoms. The smallest absolute Gasteiger partial charge is 0.343 e. The van der Waals surface area contributed by atoms with Crippen LogP contribution in [0, 0.1) is 11.8 Å². The van der Waals surface area contributed by atoms with Crippen LogP contribution in [0.4, 0.5) is 8.78 Å². The lowest BCUT2D eigenvalue weighted by Crippen LogP contribution is -2.40. The molecule has 0 spiro atoms. The number of alkyl halides is 2. The Bertz CT molecular complexity index is 276. The summed E-state index contributed by atoms with van der Waals surface area (Å²) in [5, 5.41) is 2.20. The van der Waals surface area contributed by atoms with Crippen LogP contribution in [0.25, 0.3) is 0 Å². The summed E-state index contributed by atoms with van der Waals surface area (Å²) in [6, 6.07) is 0. The molecule has 0 saturated heterocycles. The van der Waals surface area contributed by atoms with Crippen LogP contribution in [0.5, 0.6) is 0 Å². The minimum absolute atomic E-state index is 0.0885. The molecule has 0 aromatic heterocycles. The number of rotatable bonds is 8. The van der Waals surface area contributed by atoms with E-state index in [9.17, 15) is 13.6 Å². The van der Waals surface area contributed by atoms with E-state index < -0.39 is 11.8 Å². The quantitative estimate of drug-likeness (QED) is 0.540. The van der Waals surface area contributed by atoms with Gasteiger partial charge in [-0.2, -0.15) is 8.78 Å². The number of carbonyl (C=O) groups is 1. The lowest BCUT2D eigenvalue weighted by Gasteiger charge is -2.13. The van der Waals surface area contributed by atoms with Gasteiger partial charge < -0.3 is 10.1 Å². The summed E-state index contributed by atoms with van der Waals surface area (Å²) in [7, 11) is 0. The zero-order valence-electron chi connectivity index (χ0n) is 11.5. The van der Waals surface area contributed by atoms with Crippen molar-refractivity contribution in [2.75, 3.05) is 19.8 Å². The first-order valence-corrected chi connectivity index (χ1v) is 6.17. The normalized spacial score (nSPS) is 12.7. The van der Waals surface area contributed by atoms with Crippen LogP contribution in [0.2, 0.25) is 0 Å². The van der Waals surface area contributed by atoms with Crippen LogP contribution in [0.3, 0.4) is 0 Å². The van der Waals surface area contributed by atoms with Gasteiger partial charge in [0.25, 0.3) is 5.91 Å². The van der Waals surface area contributed by atoms with Crippen LogP contribution in [0.15, 0.2) is 12.2 Å². The highest BCUT2D eigenvalue weighted by Crippen LogP contribution is 2.15. The van der Waals surface area contributed by atoms with Crippen LogP contribution in [-0.2, 0) is 9.53 Å². The Morgan fingerprint density at radius 3 is 2.39 bits per heavy atom. The van der Waals surface area contributed by atoms with E-state index in [1.54, 1.807) is 0 Å². The molecule has 106 valence electrons. The summed E-state index contributed by atoms with van der Waals surface area (Å²) in [5.41, 5.74) is 0. The monoisotopic (exact) mass is 263 g/mol. The summed E-state index contributed by atoms with van der Waals surface area (Å²) >= 11 is 0. The first-order chi connectivity index (χ1) is 8.25. The molecular weight excluding hydrogens is 240 g/mol. The lowest BCUT2D eigenvalue weighted by atomic mass is 10.2. The molecular formula is C13H23F2NO2. The molecule has 0 fully saturated rings. The van der Waals surface area contributed by atoms with Crippen LogP contribution in [0.1, 0.15) is 27.7 Å². The third kappa shape index (κ3) is 8.17. The van der Waals surface area contributed by atoms with Crippen molar-refractivity contribution in [2.24, 2.45) is 11.8 Å². The van der Waals surface area contributed by atoms with Crippen molar-refractivity contribution in [1.82, 2.24) is 5.32 Å². The fourth-order valence-electron chi connectivity index (χ4n) is 1.06. The fourth-order valence-corrected chi connectivity index (χ4v) is 1.06. The molecule has 1 N–H and O–H groups in total. The van der Waals surface area contributed by atoms with E-state index in [0.29, 0.717) is 18.6 Å². The number of nitrogens with one attached hydrogen (secondary N) is 1. The van der Waals surface area contributed by atoms with E-state index >= 15 is 0 Å². The minimum Gasteiger partial charge on any atom is -0.377 e. The maximum Gasteiger partial charge on any atom is 0.343 e. The van der Waals surface area contributed by atoms with Crippen molar-refractivity contribution < 1.29 is 18.3 Å². The van der Waals surface area contributed by atoms with E-state index in [-0.39, 0.29) is 19.1 Å². The molecule has 0 aliphatic rings. The molecule has 0 aromatic carbocycles. The first-order valence-electron chi connectivity index (χ1n) is 6.17. The Labute approximate surface area is 108 Å². The molecule has 3 nitrogen and oxygen atoms in total. The van der Waals surface area contributed by atoms with E-state index in [0.717, 1.165) is 0 Å². The Balaban J connectivity index is 4.04. The molecule has 0 radical (unpaired) electrons. The zero-order valence-corrected chi connectivity index (χ0v) is 11.5. The van der Waals surface area contributed by atoms with Gasteiger partial charge in [0.1, 0.15) is 0 Å². The van der Waals surface area contributed by atoms with E-state index in [2.05, 4.69) is 5.32 Å². The average Bonchev–Trinajstić information content (AvgIpc) is 2.24. The number of amides is 1. The number of ether oxygens (including phenoxy) is 1. The van der Waals surface area contributed by atoms with Gasteiger partial charge in [-0.3, -0.25) is 4.79 Å². The molecule has 0 rings (SSSR count). The van der Waals surface area contributed by atoms with Gasteiger partial charge in [0.15, 0.2) is 0 Å². The highest BCUT2D eigenvalue weighted by Gasteiger charge is 2.35. The van der Waals surface area contributed by atoms with Crippen molar-refractivity contribution in [3.63, 3.8) is 0 Å². The predicted molar refractivity (Wildman–Crippen MR) is 67.6 cm³/mol. The third-order valence-corrected chi connectivity index (χ3v) is 1.97. The van der Waals surface area contributed by atoms with Gasteiger partial charge in [-0.15, -0.1) is 0 Å². The average molecular weight is 263 g/mol. The standard InChI is InChI=1S/C13H23F2NO2/c1-10(2)8-16-12(17)13(14,15)6-5-7-18-9-11(3)4/h5-6,10-11H,7-9H2,1-4H3,(H,16,17). The highest BCUT2D eigenvalue weighted by molar-refractivity contribution is 5.85. The number of hydrogen-bond donors (Lipinski definition) is 1. The Morgan fingerprint density at radius 2 is 1.89 bits per heavy atom. The number of halogens is 2. The topological polar surface area (TPSA) is 38.3 Å². The Kier molecular flexibility index (Phi) is 7.75. The second-order valence-corrected chi connectivity index (χ2v) is 5.06. The molecule has 0 bridgehead atoms. The first kappa shape index (κ1) is 17.0. The molecule has 0 aliphatic heterocycles. The van der Waals surface area contributed by atoms with E-state index in [1.165, 1.54) is 6.08 Å². The van der Waals surface area contributed by atoms with Gasteiger partial charge in [-0.1, -0.05) is 33.8 Å². The maximum absolute atomic E-state index is 13.3. The highest BCUT2D eigenvalue weighted by atomic mass is 19.3. The van der Waals surface area contributed by atoms with Gasteiger partial charge >= 0.3 is 5.92 Å². The van der Waals surface area contributed by atoms with Gasteiger partial charge in [0.05, 0.1) is 6.61 Å². The van der Waals surface area contributed by atoms with Crippen LogP contribution < -0.4 is 5.32 Å². The van der Waals surface area contributed by atoms with Crippen molar-refractivity contribution in [2.45, 2.75) is 33.6 Å². The molecule has 1 amide bonds. The number of hydrogen-bond acceptors (Lipinski definition) is 2. The van der Waals surface area contributed by atoms with Gasteiger partial charge in [0.2, 0.25) is 0 Å². The number of carbonyl (C=O) groups excluding carboxylic acids is 1. The second kappa shape index (κ2) is 8.19. The summed E-state index contributed by atoms with van der Waals surface area (Å²) in [6.07, 6.45) is 1.76. The van der Waals surface area contributed by atoms with Crippen LogP contribution >= 0.6 is 0 Å². The second-order valence-electron chi connectivity index (χ2n) is 5.06. The fraction of sp³-hybridized carbons (Fsp3) is 0.769. The summed E-state index contributed by atoms with van der Waals surface area (Å²) in [4.78, 5) is 11.2. The third-order valence-electron chi connectivity index (χ3n) is 1.97. The van der Waals surface area contributed by atoms with Crippen molar-refractivity contribution in [3.05, 3.63) is 12.2 Å². The largest absolute Gasteiger partial charge is 0.377 e. The van der Waals surface area contributed by atoms with Crippen molar-refractivity contribution in [1.29, 1.82) is 0 Å². The summed E-state index contributed by atoms with van der Waals surface area (Å²) < 4.78 is 31.7. The van der Waals surface area contributed by atoms with Gasteiger partial charge in [0, 0.05) is 13.2 Å². The lowest BCUT2D eigenvalue weighted by molar-refractivity contribution is -0.139. The van der Waals surface area contributed by atoms with Crippen molar-refractivity contribution in [3.8, 4) is 0 Å². The molecule has 0 aromatic rings. The molecule has 18 heavy (non-hydrogen) atoms. The summed E-state index contributed by atoms with van der Waals surface area (Å²) in [5.74, 6) is -4.25. The van der Waals surface area contributed by atoms with E-state index in [1.807, 2.05) is 27.7 Å². The van der Waals surface area contributed by atoms with Crippen LogP contribution in [-0.4, -0.2) is 31.6 Å². The maximum atomic E-state index is 13.3. The Hall–Kier alpha value is -0.970. The van der Waals surface area contributed by atoms with Crippen molar-refractivity contribution >= 4 is 5.91 Å². The van der Waals surface area contributed by atoms with Gasteiger partial charge in [-0.05, 0) is 17.9 Å². The molecule has 0 atom stereocenters. The Morgan fingerprint density at radius 1 is 1.28 bits per heavy atom. The molecule has 0 saturated carbocycles. The predicted octanol–water partition coefficient (Wildman–Crippen LogP) is 2.62. The minimum atomic E-state index is -3.48.